The first-order valence-electron chi connectivity index (χ1n) is 9.31. The van der Waals surface area contributed by atoms with Gasteiger partial charge in [0.1, 0.15) is 0 Å². The maximum atomic E-state index is 12.9. The van der Waals surface area contributed by atoms with Crippen LogP contribution in [0.15, 0.2) is 30.3 Å². The van der Waals surface area contributed by atoms with Gasteiger partial charge in [0.25, 0.3) is 11.7 Å². The molecule has 1 aromatic carbocycles. The number of carbonyl (C=O) groups excluding carboxylic acids is 3. The highest BCUT2D eigenvalue weighted by Crippen LogP contribution is 2.19. The summed E-state index contributed by atoms with van der Waals surface area (Å²) in [6.45, 7) is 10.9. The molecule has 0 unspecified atom stereocenters. The van der Waals surface area contributed by atoms with Gasteiger partial charge in [-0.25, -0.2) is 4.68 Å². The monoisotopic (exact) mass is 384 g/mol. The van der Waals surface area contributed by atoms with Crippen LogP contribution in [0.3, 0.4) is 0 Å². The predicted molar refractivity (Wildman–Crippen MR) is 108 cm³/mol. The Labute approximate surface area is 165 Å². The maximum absolute atomic E-state index is 12.9. The Morgan fingerprint density at radius 1 is 1.11 bits per heavy atom. The Bertz CT molecular complexity index is 879. The molecule has 0 saturated heterocycles. The van der Waals surface area contributed by atoms with E-state index in [-0.39, 0.29) is 24.6 Å². The van der Waals surface area contributed by atoms with Gasteiger partial charge in [0, 0.05) is 12.1 Å². The first-order valence-corrected chi connectivity index (χ1v) is 9.31. The van der Waals surface area contributed by atoms with E-state index in [9.17, 15) is 14.4 Å². The SMILES string of the molecule is CCN(CC(=O)NC(C)(C)C)C(=O)C(=O)c1c(C)nn(-c2ccccc2)c1C. The topological polar surface area (TPSA) is 84.3 Å². The lowest BCUT2D eigenvalue weighted by Crippen LogP contribution is -2.48. The van der Waals surface area contributed by atoms with Crippen molar-refractivity contribution in [1.29, 1.82) is 0 Å². The van der Waals surface area contributed by atoms with E-state index < -0.39 is 17.2 Å². The van der Waals surface area contributed by atoms with Crippen LogP contribution in [0, 0.1) is 13.8 Å². The van der Waals surface area contributed by atoms with Crippen molar-refractivity contribution in [2.45, 2.75) is 47.1 Å². The van der Waals surface area contributed by atoms with Crippen LogP contribution in [-0.2, 0) is 9.59 Å². The predicted octanol–water partition coefficient (Wildman–Crippen LogP) is 2.44. The minimum atomic E-state index is -0.703. The molecular formula is C21H28N4O3. The number of nitrogens with one attached hydrogen (secondary N) is 1. The average molecular weight is 384 g/mol. The van der Waals surface area contributed by atoms with E-state index in [0.717, 1.165) is 5.69 Å². The number of hydrogen-bond acceptors (Lipinski definition) is 4. The lowest BCUT2D eigenvalue weighted by atomic mass is 10.1. The zero-order chi connectivity index (χ0) is 21.1. The van der Waals surface area contributed by atoms with Crippen LogP contribution in [0.2, 0.25) is 0 Å². The standard InChI is InChI=1S/C21H28N4O3/c1-7-24(13-17(26)22-21(4,5)6)20(28)19(27)18-14(2)23-25(15(18)3)16-11-9-8-10-12-16/h8-12H,7,13H2,1-6H3,(H,22,26). The number of nitrogens with zero attached hydrogens (tertiary/aromatic N) is 3. The molecule has 28 heavy (non-hydrogen) atoms. The molecule has 0 bridgehead atoms. The fraction of sp³-hybridized carbons (Fsp3) is 0.429. The zero-order valence-electron chi connectivity index (χ0n) is 17.4. The Hall–Kier alpha value is -2.96. The summed E-state index contributed by atoms with van der Waals surface area (Å²) in [5.74, 6) is -1.66. The molecule has 2 rings (SSSR count). The number of likely N-dealkylation sites (N-methyl/N-ethyl adjacent to an activating group) is 1. The van der Waals surface area contributed by atoms with Crippen LogP contribution in [0.25, 0.3) is 5.69 Å². The number of aryl methyl sites for hydroxylation is 1. The van der Waals surface area contributed by atoms with Crippen molar-refractivity contribution >= 4 is 17.6 Å². The second-order valence-corrected chi connectivity index (χ2v) is 7.74. The van der Waals surface area contributed by atoms with Gasteiger partial charge in [-0.05, 0) is 53.7 Å². The van der Waals surface area contributed by atoms with E-state index in [2.05, 4.69) is 10.4 Å². The summed E-state index contributed by atoms with van der Waals surface area (Å²) in [7, 11) is 0. The maximum Gasteiger partial charge on any atom is 0.295 e. The highest BCUT2D eigenvalue weighted by Gasteiger charge is 2.29. The third-order valence-electron chi connectivity index (χ3n) is 4.23. The third-order valence-corrected chi connectivity index (χ3v) is 4.23. The lowest BCUT2D eigenvalue weighted by Gasteiger charge is -2.24. The number of hydrogen-bond donors (Lipinski definition) is 1. The van der Waals surface area contributed by atoms with E-state index >= 15 is 0 Å². The van der Waals surface area contributed by atoms with Crippen molar-refractivity contribution in [2.24, 2.45) is 0 Å². The molecule has 7 heteroatoms. The molecule has 150 valence electrons. The van der Waals surface area contributed by atoms with Crippen LogP contribution >= 0.6 is 0 Å². The molecule has 0 saturated carbocycles. The van der Waals surface area contributed by atoms with Gasteiger partial charge in [-0.3, -0.25) is 14.4 Å². The number of para-hydroxylation sites is 1. The van der Waals surface area contributed by atoms with Crippen molar-refractivity contribution in [2.75, 3.05) is 13.1 Å². The Morgan fingerprint density at radius 3 is 2.25 bits per heavy atom. The van der Waals surface area contributed by atoms with E-state index in [0.29, 0.717) is 11.4 Å². The van der Waals surface area contributed by atoms with Crippen LogP contribution in [-0.4, -0.2) is 50.9 Å². The van der Waals surface area contributed by atoms with Crippen LogP contribution in [0.5, 0.6) is 0 Å². The number of carbonyl (C=O) groups is 3. The van der Waals surface area contributed by atoms with Gasteiger partial charge in [-0.15, -0.1) is 0 Å². The summed E-state index contributed by atoms with van der Waals surface area (Å²) in [6.07, 6.45) is 0. The molecule has 1 aromatic heterocycles. The lowest BCUT2D eigenvalue weighted by molar-refractivity contribution is -0.133. The first kappa shape index (κ1) is 21.3. The second-order valence-electron chi connectivity index (χ2n) is 7.74. The highest BCUT2D eigenvalue weighted by atomic mass is 16.2. The minimum Gasteiger partial charge on any atom is -0.350 e. The van der Waals surface area contributed by atoms with Crippen LogP contribution < -0.4 is 5.32 Å². The van der Waals surface area contributed by atoms with Crippen molar-refractivity contribution in [3.05, 3.63) is 47.3 Å². The highest BCUT2D eigenvalue weighted by molar-refractivity contribution is 6.43. The molecule has 2 aromatic rings. The molecule has 0 aliphatic heterocycles. The largest absolute Gasteiger partial charge is 0.350 e. The van der Waals surface area contributed by atoms with E-state index in [1.165, 1.54) is 4.90 Å². The van der Waals surface area contributed by atoms with Gasteiger partial charge in [0.2, 0.25) is 5.91 Å². The number of aromatic nitrogens is 2. The van der Waals surface area contributed by atoms with Crippen molar-refractivity contribution in [3.8, 4) is 5.69 Å². The van der Waals surface area contributed by atoms with Gasteiger partial charge >= 0.3 is 0 Å². The number of benzene rings is 1. The summed E-state index contributed by atoms with van der Waals surface area (Å²) >= 11 is 0. The Balaban J connectivity index is 2.26. The molecule has 0 aliphatic carbocycles. The minimum absolute atomic E-state index is 0.163. The average Bonchev–Trinajstić information content (AvgIpc) is 2.92. The van der Waals surface area contributed by atoms with Gasteiger partial charge in [-0.2, -0.15) is 5.10 Å². The Morgan fingerprint density at radius 2 is 1.71 bits per heavy atom. The molecule has 1 N–H and O–H groups in total. The summed E-state index contributed by atoms with van der Waals surface area (Å²) < 4.78 is 1.65. The van der Waals surface area contributed by atoms with Gasteiger partial charge < -0.3 is 10.2 Å². The summed E-state index contributed by atoms with van der Waals surface area (Å²) in [4.78, 5) is 39.1. The molecule has 0 atom stereocenters. The Kier molecular flexibility index (Phi) is 6.38. The smallest absolute Gasteiger partial charge is 0.295 e. The molecular weight excluding hydrogens is 356 g/mol. The summed E-state index contributed by atoms with van der Waals surface area (Å²) in [6, 6.07) is 9.41. The molecule has 7 nitrogen and oxygen atoms in total. The second kappa shape index (κ2) is 8.37. The summed E-state index contributed by atoms with van der Waals surface area (Å²) in [5, 5.41) is 7.23. The summed E-state index contributed by atoms with van der Waals surface area (Å²) in [5.41, 5.74) is 1.76. The number of amides is 2. The molecule has 2 amide bonds. The molecule has 0 fully saturated rings. The fourth-order valence-corrected chi connectivity index (χ4v) is 3.00. The molecule has 0 radical (unpaired) electrons. The van der Waals surface area contributed by atoms with E-state index in [1.807, 2.05) is 51.1 Å². The number of Topliss-reactive ketones (excluding diaryl/α,β-unsaturated/α-hetero) is 1. The van der Waals surface area contributed by atoms with Gasteiger partial charge in [0.05, 0.1) is 29.2 Å². The first-order chi connectivity index (χ1) is 13.0. The molecule has 0 spiro atoms. The normalized spacial score (nSPS) is 11.2. The molecule has 0 aliphatic rings. The zero-order valence-corrected chi connectivity index (χ0v) is 17.4. The van der Waals surface area contributed by atoms with Crippen molar-refractivity contribution in [3.63, 3.8) is 0 Å². The van der Waals surface area contributed by atoms with Crippen LogP contribution in [0.4, 0.5) is 0 Å². The van der Waals surface area contributed by atoms with Crippen molar-refractivity contribution in [1.82, 2.24) is 20.0 Å². The fourth-order valence-electron chi connectivity index (χ4n) is 3.00. The van der Waals surface area contributed by atoms with Gasteiger partial charge in [0.15, 0.2) is 0 Å². The molecule has 1 heterocycles. The van der Waals surface area contributed by atoms with E-state index in [1.54, 1.807) is 25.5 Å². The van der Waals surface area contributed by atoms with Gasteiger partial charge in [-0.1, -0.05) is 18.2 Å². The van der Waals surface area contributed by atoms with Crippen LogP contribution in [0.1, 0.15) is 49.4 Å². The quantitative estimate of drug-likeness (QED) is 0.612. The number of ketones is 1. The number of rotatable bonds is 6. The van der Waals surface area contributed by atoms with E-state index in [4.69, 9.17) is 0 Å². The van der Waals surface area contributed by atoms with Crippen molar-refractivity contribution < 1.29 is 14.4 Å². The third kappa shape index (κ3) is 4.85.